The highest BCUT2D eigenvalue weighted by atomic mass is 32.2. The van der Waals surface area contributed by atoms with Crippen molar-refractivity contribution in [3.05, 3.63) is 47.8 Å². The molecular weight excluding hydrogens is 401 g/mol. The Morgan fingerprint density at radius 1 is 1.21 bits per heavy atom. The smallest absolute Gasteiger partial charge is 0.422 e. The Morgan fingerprint density at radius 2 is 1.97 bits per heavy atom. The van der Waals surface area contributed by atoms with E-state index in [0.717, 1.165) is 22.7 Å². The first-order valence-electron chi connectivity index (χ1n) is 9.23. The number of ether oxygens (including phenoxy) is 1. The lowest BCUT2D eigenvalue weighted by atomic mass is 10.2. The third-order valence-corrected chi connectivity index (χ3v) is 5.13. The van der Waals surface area contributed by atoms with Crippen LogP contribution in [0.5, 0.6) is 5.75 Å². The SMILES string of the molecule is Cc1c(OCC(F)(F)F)ccnc1CSc1nc2ccccc2n1NCC(C)C. The van der Waals surface area contributed by atoms with Crippen molar-refractivity contribution in [2.24, 2.45) is 5.92 Å². The molecule has 2 aromatic heterocycles. The Balaban J connectivity index is 1.79. The lowest BCUT2D eigenvalue weighted by molar-refractivity contribution is -0.153. The summed E-state index contributed by atoms with van der Waals surface area (Å²) in [5.41, 5.74) is 6.51. The second-order valence-electron chi connectivity index (χ2n) is 7.05. The Bertz CT molecular complexity index is 972. The standard InChI is InChI=1S/C20H23F3N4OS/c1-13(2)10-25-27-17-7-5-4-6-15(17)26-19(27)29-11-16-14(3)18(8-9-24-16)28-12-20(21,22)23/h4-9,13,25H,10-12H2,1-3H3. The van der Waals surface area contributed by atoms with Gasteiger partial charge in [-0.15, -0.1) is 0 Å². The van der Waals surface area contributed by atoms with Crippen molar-refractivity contribution in [2.75, 3.05) is 18.6 Å². The molecule has 1 N–H and O–H groups in total. The number of nitrogens with zero attached hydrogens (tertiary/aromatic N) is 3. The number of rotatable bonds is 8. The van der Waals surface area contributed by atoms with Crippen molar-refractivity contribution >= 4 is 22.8 Å². The van der Waals surface area contributed by atoms with Gasteiger partial charge in [0.15, 0.2) is 11.8 Å². The quantitative estimate of drug-likeness (QED) is 0.506. The predicted molar refractivity (Wildman–Crippen MR) is 109 cm³/mol. The molecule has 0 aliphatic rings. The Labute approximate surface area is 171 Å². The van der Waals surface area contributed by atoms with Crippen LogP contribution in [0.1, 0.15) is 25.1 Å². The molecule has 0 amide bonds. The highest BCUT2D eigenvalue weighted by Gasteiger charge is 2.28. The van der Waals surface area contributed by atoms with E-state index < -0.39 is 12.8 Å². The maximum absolute atomic E-state index is 12.5. The van der Waals surface area contributed by atoms with E-state index in [1.165, 1.54) is 24.0 Å². The van der Waals surface area contributed by atoms with E-state index in [-0.39, 0.29) is 5.75 Å². The van der Waals surface area contributed by atoms with Gasteiger partial charge < -0.3 is 10.2 Å². The molecule has 29 heavy (non-hydrogen) atoms. The van der Waals surface area contributed by atoms with Crippen molar-refractivity contribution < 1.29 is 17.9 Å². The van der Waals surface area contributed by atoms with E-state index in [1.807, 2.05) is 28.9 Å². The van der Waals surface area contributed by atoms with Gasteiger partial charge in [-0.3, -0.25) is 4.98 Å². The molecule has 0 fully saturated rings. The number of imidazole rings is 1. The van der Waals surface area contributed by atoms with E-state index in [1.54, 1.807) is 6.92 Å². The zero-order chi connectivity index (χ0) is 21.0. The minimum Gasteiger partial charge on any atom is -0.484 e. The summed E-state index contributed by atoms with van der Waals surface area (Å²) in [7, 11) is 0. The third-order valence-electron chi connectivity index (χ3n) is 4.18. The fourth-order valence-electron chi connectivity index (χ4n) is 2.68. The first-order chi connectivity index (χ1) is 13.7. The minimum atomic E-state index is -4.38. The molecule has 156 valence electrons. The van der Waals surface area contributed by atoms with Crippen LogP contribution in [-0.2, 0) is 5.75 Å². The number of benzene rings is 1. The van der Waals surface area contributed by atoms with Crippen LogP contribution in [0.3, 0.4) is 0 Å². The lowest BCUT2D eigenvalue weighted by Gasteiger charge is -2.15. The summed E-state index contributed by atoms with van der Waals surface area (Å²) < 4.78 is 44.2. The molecule has 3 rings (SSSR count). The van der Waals surface area contributed by atoms with Crippen LogP contribution in [0.4, 0.5) is 13.2 Å². The number of nitrogens with one attached hydrogen (secondary N) is 1. The molecular formula is C20H23F3N4OS. The normalized spacial score (nSPS) is 12.0. The van der Waals surface area contributed by atoms with Crippen LogP contribution in [-0.4, -0.2) is 34.0 Å². The second-order valence-corrected chi connectivity index (χ2v) is 7.99. The molecule has 2 heterocycles. The predicted octanol–water partition coefficient (Wildman–Crippen LogP) is 5.17. The Morgan fingerprint density at radius 3 is 2.69 bits per heavy atom. The van der Waals surface area contributed by atoms with E-state index >= 15 is 0 Å². The molecule has 0 aliphatic heterocycles. The van der Waals surface area contributed by atoms with Gasteiger partial charge >= 0.3 is 6.18 Å². The number of pyridine rings is 1. The van der Waals surface area contributed by atoms with E-state index in [9.17, 15) is 13.2 Å². The average Bonchev–Trinajstić information content (AvgIpc) is 3.01. The van der Waals surface area contributed by atoms with Crippen LogP contribution >= 0.6 is 11.8 Å². The van der Waals surface area contributed by atoms with Gasteiger partial charge in [-0.1, -0.05) is 37.7 Å². The second kappa shape index (κ2) is 8.94. The largest absolute Gasteiger partial charge is 0.484 e. The zero-order valence-electron chi connectivity index (χ0n) is 16.5. The third kappa shape index (κ3) is 5.56. The molecule has 9 heteroatoms. The number of halogens is 3. The van der Waals surface area contributed by atoms with Gasteiger partial charge in [0.2, 0.25) is 0 Å². The molecule has 0 saturated heterocycles. The van der Waals surface area contributed by atoms with Crippen LogP contribution < -0.4 is 10.2 Å². The van der Waals surface area contributed by atoms with Crippen LogP contribution in [0.25, 0.3) is 11.0 Å². The van der Waals surface area contributed by atoms with Crippen molar-refractivity contribution in [1.82, 2.24) is 14.6 Å². The van der Waals surface area contributed by atoms with Gasteiger partial charge in [0.05, 0.1) is 16.7 Å². The van der Waals surface area contributed by atoms with Crippen LogP contribution in [0.15, 0.2) is 41.7 Å². The molecule has 0 aliphatic carbocycles. The molecule has 0 spiro atoms. The lowest BCUT2D eigenvalue weighted by Crippen LogP contribution is -2.20. The fraction of sp³-hybridized carbons (Fsp3) is 0.400. The van der Waals surface area contributed by atoms with Gasteiger partial charge in [0.25, 0.3) is 0 Å². The van der Waals surface area contributed by atoms with E-state index in [0.29, 0.717) is 22.9 Å². The number of alkyl halides is 3. The fourth-order valence-corrected chi connectivity index (χ4v) is 3.69. The summed E-state index contributed by atoms with van der Waals surface area (Å²) >= 11 is 1.47. The van der Waals surface area contributed by atoms with Gasteiger partial charge in [-0.25, -0.2) is 9.66 Å². The molecule has 5 nitrogen and oxygen atoms in total. The molecule has 0 radical (unpaired) electrons. The van der Waals surface area contributed by atoms with Crippen molar-refractivity contribution in [2.45, 2.75) is 37.9 Å². The monoisotopic (exact) mass is 424 g/mol. The van der Waals surface area contributed by atoms with Crippen LogP contribution in [0, 0.1) is 12.8 Å². The van der Waals surface area contributed by atoms with Gasteiger partial charge in [-0.2, -0.15) is 13.2 Å². The summed E-state index contributed by atoms with van der Waals surface area (Å²) in [6, 6.07) is 9.29. The highest BCUT2D eigenvalue weighted by molar-refractivity contribution is 7.98. The van der Waals surface area contributed by atoms with Gasteiger partial charge in [0.1, 0.15) is 5.75 Å². The van der Waals surface area contributed by atoms with E-state index in [2.05, 4.69) is 29.2 Å². The molecule has 0 bridgehead atoms. The van der Waals surface area contributed by atoms with Crippen LogP contribution in [0.2, 0.25) is 0 Å². The molecule has 0 unspecified atom stereocenters. The number of hydrogen-bond donors (Lipinski definition) is 1. The van der Waals surface area contributed by atoms with Crippen molar-refractivity contribution in [3.8, 4) is 5.75 Å². The van der Waals surface area contributed by atoms with Gasteiger partial charge in [-0.05, 0) is 31.0 Å². The molecule has 3 aromatic rings. The van der Waals surface area contributed by atoms with Crippen molar-refractivity contribution in [3.63, 3.8) is 0 Å². The van der Waals surface area contributed by atoms with E-state index in [4.69, 9.17) is 4.74 Å². The number of aromatic nitrogens is 3. The summed E-state index contributed by atoms with van der Waals surface area (Å²) in [4.78, 5) is 9.00. The average molecular weight is 424 g/mol. The Kier molecular flexibility index (Phi) is 6.56. The zero-order valence-corrected chi connectivity index (χ0v) is 17.3. The van der Waals surface area contributed by atoms with Crippen molar-refractivity contribution in [1.29, 1.82) is 0 Å². The summed E-state index contributed by atoms with van der Waals surface area (Å²) in [5.74, 6) is 1.11. The molecule has 0 atom stereocenters. The maximum atomic E-state index is 12.5. The highest BCUT2D eigenvalue weighted by Crippen LogP contribution is 2.29. The topological polar surface area (TPSA) is 52.0 Å². The maximum Gasteiger partial charge on any atom is 0.422 e. The Hall–Kier alpha value is -2.42. The van der Waals surface area contributed by atoms with Gasteiger partial charge in [0, 0.05) is 24.1 Å². The minimum absolute atomic E-state index is 0.194. The number of thioether (sulfide) groups is 1. The number of hydrogen-bond acceptors (Lipinski definition) is 5. The summed E-state index contributed by atoms with van der Waals surface area (Å²) in [5, 5.41) is 0.773. The number of fused-ring (bicyclic) bond motifs is 1. The number of para-hydroxylation sites is 2. The summed E-state index contributed by atoms with van der Waals surface area (Å²) in [6.45, 7) is 5.43. The summed E-state index contributed by atoms with van der Waals surface area (Å²) in [6.07, 6.45) is -2.91. The molecule has 0 saturated carbocycles. The molecule has 1 aromatic carbocycles. The first kappa shape index (κ1) is 21.3. The first-order valence-corrected chi connectivity index (χ1v) is 10.2.